The molecule has 1 fully saturated rings. The number of piperazine rings is 1. The minimum Gasteiger partial charge on any atom is -0.383 e. The molecule has 1 amide bonds. The summed E-state index contributed by atoms with van der Waals surface area (Å²) in [6.45, 7) is 3.32. The smallest absolute Gasteiger partial charge is 0.237 e. The van der Waals surface area contributed by atoms with E-state index in [-0.39, 0.29) is 5.91 Å². The van der Waals surface area contributed by atoms with Gasteiger partial charge in [-0.3, -0.25) is 9.69 Å². The number of thiophene rings is 1. The standard InChI is InChI=1S/C20H20ClN5OS/c21-18-9-15(12-28-18)2-1-5-25-6-7-26(19(27)11-25)10-14-3-4-16-17(8-14)23-13-24-20(16)22/h1-4,8-9,12-13H,5-7,10-11H2,(H2,22,23,24)/b2-1+. The van der Waals surface area contributed by atoms with Gasteiger partial charge in [-0.1, -0.05) is 29.8 Å². The van der Waals surface area contributed by atoms with Gasteiger partial charge in [0, 0.05) is 31.6 Å². The lowest BCUT2D eigenvalue weighted by Crippen LogP contribution is -2.49. The van der Waals surface area contributed by atoms with Gasteiger partial charge < -0.3 is 10.6 Å². The number of nitrogens with two attached hydrogens (primary N) is 1. The first-order valence-corrected chi connectivity index (χ1v) is 10.2. The van der Waals surface area contributed by atoms with Crippen LogP contribution in [0.15, 0.2) is 42.0 Å². The molecule has 1 aromatic carbocycles. The number of benzene rings is 1. The minimum absolute atomic E-state index is 0.139. The van der Waals surface area contributed by atoms with E-state index < -0.39 is 0 Å². The predicted octanol–water partition coefficient (Wildman–Crippen LogP) is 3.28. The molecule has 0 aliphatic carbocycles. The Balaban J connectivity index is 1.34. The van der Waals surface area contributed by atoms with Crippen molar-refractivity contribution >= 4 is 51.6 Å². The summed E-state index contributed by atoms with van der Waals surface area (Å²) in [6, 6.07) is 7.81. The molecule has 1 saturated heterocycles. The van der Waals surface area contributed by atoms with Crippen LogP contribution in [0.5, 0.6) is 0 Å². The van der Waals surface area contributed by atoms with Gasteiger partial charge in [0.2, 0.25) is 5.91 Å². The van der Waals surface area contributed by atoms with Crippen LogP contribution in [0, 0.1) is 0 Å². The fourth-order valence-electron chi connectivity index (χ4n) is 3.27. The Labute approximate surface area is 172 Å². The van der Waals surface area contributed by atoms with Crippen LogP contribution in [0.3, 0.4) is 0 Å². The van der Waals surface area contributed by atoms with Crippen molar-refractivity contribution in [3.05, 3.63) is 57.5 Å². The highest BCUT2D eigenvalue weighted by Crippen LogP contribution is 2.21. The topological polar surface area (TPSA) is 75.3 Å². The summed E-state index contributed by atoms with van der Waals surface area (Å²) < 4.78 is 0.784. The average molecular weight is 414 g/mol. The zero-order chi connectivity index (χ0) is 19.5. The van der Waals surface area contributed by atoms with Gasteiger partial charge in [0.05, 0.1) is 16.4 Å². The van der Waals surface area contributed by atoms with Crippen molar-refractivity contribution in [3.8, 4) is 0 Å². The summed E-state index contributed by atoms with van der Waals surface area (Å²) in [4.78, 5) is 24.9. The molecule has 0 spiro atoms. The largest absolute Gasteiger partial charge is 0.383 e. The molecule has 6 nitrogen and oxygen atoms in total. The Kier molecular flexibility index (Phi) is 5.57. The fraction of sp³-hybridized carbons (Fsp3) is 0.250. The second-order valence-corrected chi connectivity index (χ2v) is 8.29. The first-order valence-electron chi connectivity index (χ1n) is 8.98. The quantitative estimate of drug-likeness (QED) is 0.694. The average Bonchev–Trinajstić information content (AvgIpc) is 3.09. The SMILES string of the molecule is Nc1ncnc2cc(CN3CCN(C/C=C/c4csc(Cl)c4)CC3=O)ccc12. The molecule has 3 aromatic rings. The van der Waals surface area contributed by atoms with Gasteiger partial charge in [0.15, 0.2) is 0 Å². The molecule has 0 saturated carbocycles. The van der Waals surface area contributed by atoms with Crippen LogP contribution in [-0.4, -0.2) is 51.9 Å². The van der Waals surface area contributed by atoms with Crippen molar-refractivity contribution in [1.29, 1.82) is 0 Å². The number of carbonyl (C=O) groups is 1. The number of nitrogen functional groups attached to an aromatic ring is 1. The monoisotopic (exact) mass is 413 g/mol. The van der Waals surface area contributed by atoms with E-state index >= 15 is 0 Å². The van der Waals surface area contributed by atoms with Crippen LogP contribution in [0.25, 0.3) is 17.0 Å². The molecule has 144 valence electrons. The molecule has 2 aromatic heterocycles. The lowest BCUT2D eigenvalue weighted by molar-refractivity contribution is -0.136. The van der Waals surface area contributed by atoms with Crippen molar-refractivity contribution in [2.45, 2.75) is 6.54 Å². The van der Waals surface area contributed by atoms with Crippen molar-refractivity contribution in [2.75, 3.05) is 31.9 Å². The third-order valence-electron chi connectivity index (χ3n) is 4.76. The molecule has 3 heterocycles. The lowest BCUT2D eigenvalue weighted by atomic mass is 10.1. The number of rotatable bonds is 5. The molecule has 0 radical (unpaired) electrons. The second-order valence-electron chi connectivity index (χ2n) is 6.75. The van der Waals surface area contributed by atoms with Gasteiger partial charge in [0.25, 0.3) is 0 Å². The molecule has 28 heavy (non-hydrogen) atoms. The maximum atomic E-state index is 12.6. The van der Waals surface area contributed by atoms with E-state index in [4.69, 9.17) is 17.3 Å². The second kappa shape index (κ2) is 8.26. The van der Waals surface area contributed by atoms with E-state index in [0.717, 1.165) is 39.5 Å². The number of carbonyl (C=O) groups excluding carboxylic acids is 1. The minimum atomic E-state index is 0.139. The van der Waals surface area contributed by atoms with Crippen LogP contribution in [0.1, 0.15) is 11.1 Å². The molecule has 0 bridgehead atoms. The first-order chi connectivity index (χ1) is 13.6. The normalized spacial score (nSPS) is 15.8. The van der Waals surface area contributed by atoms with Crippen molar-refractivity contribution in [3.63, 3.8) is 0 Å². The van der Waals surface area contributed by atoms with Crippen LogP contribution >= 0.6 is 22.9 Å². The Hall–Kier alpha value is -2.48. The highest BCUT2D eigenvalue weighted by Gasteiger charge is 2.23. The van der Waals surface area contributed by atoms with E-state index in [9.17, 15) is 4.79 Å². The summed E-state index contributed by atoms with van der Waals surface area (Å²) in [5.41, 5.74) is 8.82. The van der Waals surface area contributed by atoms with Crippen LogP contribution in [-0.2, 0) is 11.3 Å². The highest BCUT2D eigenvalue weighted by atomic mass is 35.5. The molecular formula is C20H20ClN5OS. The Morgan fingerprint density at radius 2 is 2.14 bits per heavy atom. The van der Waals surface area contributed by atoms with E-state index in [2.05, 4.69) is 20.9 Å². The summed E-state index contributed by atoms with van der Waals surface area (Å²) in [7, 11) is 0. The molecule has 2 N–H and O–H groups in total. The van der Waals surface area contributed by atoms with Gasteiger partial charge in [0.1, 0.15) is 12.1 Å². The maximum absolute atomic E-state index is 12.6. The Morgan fingerprint density at radius 3 is 2.93 bits per heavy atom. The van der Waals surface area contributed by atoms with Crippen LogP contribution in [0.2, 0.25) is 4.34 Å². The van der Waals surface area contributed by atoms with E-state index in [1.54, 1.807) is 0 Å². The maximum Gasteiger partial charge on any atom is 0.237 e. The first kappa shape index (κ1) is 18.9. The molecule has 1 aliphatic rings. The van der Waals surface area contributed by atoms with Crippen molar-refractivity contribution < 1.29 is 4.79 Å². The molecule has 1 aliphatic heterocycles. The zero-order valence-electron chi connectivity index (χ0n) is 15.2. The van der Waals surface area contributed by atoms with Crippen molar-refractivity contribution in [1.82, 2.24) is 19.8 Å². The third-order valence-corrected chi connectivity index (χ3v) is 5.87. The van der Waals surface area contributed by atoms with E-state index in [1.807, 2.05) is 40.6 Å². The third kappa shape index (κ3) is 4.32. The number of amides is 1. The number of nitrogens with zero attached hydrogens (tertiary/aromatic N) is 4. The van der Waals surface area contributed by atoms with E-state index in [0.29, 0.717) is 25.5 Å². The highest BCUT2D eigenvalue weighted by molar-refractivity contribution is 7.14. The molecule has 0 atom stereocenters. The number of hydrogen-bond acceptors (Lipinski definition) is 6. The van der Waals surface area contributed by atoms with Gasteiger partial charge >= 0.3 is 0 Å². The zero-order valence-corrected chi connectivity index (χ0v) is 16.8. The predicted molar refractivity (Wildman–Crippen MR) is 114 cm³/mol. The molecule has 0 unspecified atom stereocenters. The van der Waals surface area contributed by atoms with Crippen molar-refractivity contribution in [2.24, 2.45) is 0 Å². The lowest BCUT2D eigenvalue weighted by Gasteiger charge is -2.33. The van der Waals surface area contributed by atoms with Gasteiger partial charge in [-0.2, -0.15) is 0 Å². The fourth-order valence-corrected chi connectivity index (χ4v) is 4.13. The summed E-state index contributed by atoms with van der Waals surface area (Å²) >= 11 is 7.46. The number of hydrogen-bond donors (Lipinski definition) is 1. The molecular weight excluding hydrogens is 394 g/mol. The number of fused-ring (bicyclic) bond motifs is 1. The summed E-state index contributed by atoms with van der Waals surface area (Å²) in [5, 5.41) is 2.85. The number of aromatic nitrogens is 2. The molecule has 4 rings (SSSR count). The van der Waals surface area contributed by atoms with Gasteiger partial charge in [-0.25, -0.2) is 9.97 Å². The Morgan fingerprint density at radius 1 is 1.25 bits per heavy atom. The number of halogens is 1. The number of anilines is 1. The summed E-state index contributed by atoms with van der Waals surface area (Å²) in [5.74, 6) is 0.611. The summed E-state index contributed by atoms with van der Waals surface area (Å²) in [6.07, 6.45) is 5.58. The van der Waals surface area contributed by atoms with Gasteiger partial charge in [-0.15, -0.1) is 11.3 Å². The van der Waals surface area contributed by atoms with E-state index in [1.165, 1.54) is 17.7 Å². The van der Waals surface area contributed by atoms with Crippen LogP contribution < -0.4 is 5.73 Å². The molecule has 8 heteroatoms. The van der Waals surface area contributed by atoms with Crippen LogP contribution in [0.4, 0.5) is 5.82 Å². The van der Waals surface area contributed by atoms with Gasteiger partial charge in [-0.05, 0) is 34.7 Å². The Bertz CT molecular complexity index is 1030.